The lowest BCUT2D eigenvalue weighted by Gasteiger charge is -2.20. The SMILES string of the molecule is C=CCN=c1scc(-c2ccccc2OC)n1N=C1C(=O)N(C(C)C)c2ccccc21. The third kappa shape index (κ3) is 3.72. The van der Waals surface area contributed by atoms with Crippen molar-refractivity contribution in [3.63, 3.8) is 0 Å². The number of carbonyl (C=O) groups excluding carboxylic acids is 1. The Morgan fingerprint density at radius 2 is 1.84 bits per heavy atom. The maximum absolute atomic E-state index is 13.3. The summed E-state index contributed by atoms with van der Waals surface area (Å²) in [6.07, 6.45) is 1.73. The Bertz CT molecular complexity index is 1240. The third-order valence-corrected chi connectivity index (χ3v) is 5.83. The summed E-state index contributed by atoms with van der Waals surface area (Å²) in [5.41, 5.74) is 3.79. The average molecular weight is 433 g/mol. The number of benzene rings is 2. The molecule has 0 fully saturated rings. The van der Waals surface area contributed by atoms with Crippen LogP contribution < -0.4 is 14.4 Å². The van der Waals surface area contributed by atoms with Crippen molar-refractivity contribution in [2.75, 3.05) is 18.6 Å². The van der Waals surface area contributed by atoms with E-state index in [-0.39, 0.29) is 11.9 Å². The first-order valence-corrected chi connectivity index (χ1v) is 10.9. The number of carbonyl (C=O) groups is 1. The van der Waals surface area contributed by atoms with Crippen molar-refractivity contribution in [2.45, 2.75) is 19.9 Å². The zero-order valence-electron chi connectivity index (χ0n) is 17.8. The number of thiazole rings is 1. The monoisotopic (exact) mass is 432 g/mol. The standard InChI is InChI=1S/C24H24N4O2S/c1-5-14-25-24-28(20(15-31-24)17-10-7-9-13-21(17)30-4)26-22-18-11-6-8-12-19(18)27(16(2)3)23(22)29/h5-13,15-16H,1,14H2,2-4H3. The van der Waals surface area contributed by atoms with E-state index < -0.39 is 0 Å². The highest BCUT2D eigenvalue weighted by Crippen LogP contribution is 2.33. The second-order valence-corrected chi connectivity index (χ2v) is 8.12. The minimum atomic E-state index is -0.115. The lowest BCUT2D eigenvalue weighted by Crippen LogP contribution is -2.36. The molecule has 31 heavy (non-hydrogen) atoms. The molecule has 158 valence electrons. The zero-order valence-corrected chi connectivity index (χ0v) is 18.6. The molecule has 1 aliphatic rings. The van der Waals surface area contributed by atoms with E-state index in [1.165, 1.54) is 11.3 Å². The first-order chi connectivity index (χ1) is 15.1. The summed E-state index contributed by atoms with van der Waals surface area (Å²) in [6.45, 7) is 8.22. The fourth-order valence-corrected chi connectivity index (χ4v) is 4.45. The molecule has 0 atom stereocenters. The minimum Gasteiger partial charge on any atom is -0.496 e. The number of nitrogens with zero attached hydrogens (tertiary/aromatic N) is 4. The van der Waals surface area contributed by atoms with E-state index in [4.69, 9.17) is 9.84 Å². The summed E-state index contributed by atoms with van der Waals surface area (Å²) in [7, 11) is 1.64. The fraction of sp³-hybridized carbons (Fsp3) is 0.208. The summed E-state index contributed by atoms with van der Waals surface area (Å²) < 4.78 is 7.30. The Morgan fingerprint density at radius 3 is 2.55 bits per heavy atom. The number of rotatable bonds is 6. The van der Waals surface area contributed by atoms with Gasteiger partial charge in [0.1, 0.15) is 5.75 Å². The van der Waals surface area contributed by atoms with Crippen LogP contribution in [0.3, 0.4) is 0 Å². The number of anilines is 1. The molecular weight excluding hydrogens is 408 g/mol. The maximum atomic E-state index is 13.3. The Labute approximate surface area is 185 Å². The van der Waals surface area contributed by atoms with Gasteiger partial charge in [-0.1, -0.05) is 36.4 Å². The lowest BCUT2D eigenvalue weighted by atomic mass is 10.1. The van der Waals surface area contributed by atoms with Gasteiger partial charge in [-0.2, -0.15) is 5.10 Å². The van der Waals surface area contributed by atoms with Crippen molar-refractivity contribution in [3.8, 4) is 17.0 Å². The largest absolute Gasteiger partial charge is 0.496 e. The average Bonchev–Trinajstić information content (AvgIpc) is 3.30. The van der Waals surface area contributed by atoms with Crippen molar-refractivity contribution in [1.82, 2.24) is 4.68 Å². The van der Waals surface area contributed by atoms with Gasteiger partial charge in [0, 0.05) is 22.5 Å². The van der Waals surface area contributed by atoms with E-state index >= 15 is 0 Å². The van der Waals surface area contributed by atoms with Gasteiger partial charge < -0.3 is 9.64 Å². The third-order valence-electron chi connectivity index (χ3n) is 4.98. The highest BCUT2D eigenvalue weighted by molar-refractivity contribution is 7.07. The van der Waals surface area contributed by atoms with Crippen LogP contribution in [0.15, 0.2) is 76.7 Å². The summed E-state index contributed by atoms with van der Waals surface area (Å²) in [5.74, 6) is 0.613. The number of aromatic nitrogens is 1. The molecule has 1 aliphatic heterocycles. The molecule has 0 unspecified atom stereocenters. The van der Waals surface area contributed by atoms with E-state index in [1.54, 1.807) is 22.8 Å². The first kappa shape index (κ1) is 20.8. The Kier molecular flexibility index (Phi) is 5.86. The van der Waals surface area contributed by atoms with Crippen LogP contribution in [0.4, 0.5) is 5.69 Å². The van der Waals surface area contributed by atoms with Gasteiger partial charge in [-0.15, -0.1) is 17.9 Å². The number of methoxy groups -OCH3 is 1. The molecule has 0 bridgehead atoms. The molecule has 0 saturated heterocycles. The van der Waals surface area contributed by atoms with E-state index in [0.717, 1.165) is 28.3 Å². The number of fused-ring (bicyclic) bond motifs is 1. The fourth-order valence-electron chi connectivity index (χ4n) is 3.62. The molecule has 0 spiro atoms. The number of hydrogen-bond acceptors (Lipinski definition) is 5. The maximum Gasteiger partial charge on any atom is 0.279 e. The van der Waals surface area contributed by atoms with Crippen molar-refractivity contribution < 1.29 is 9.53 Å². The van der Waals surface area contributed by atoms with Crippen LogP contribution >= 0.6 is 11.3 Å². The first-order valence-electron chi connectivity index (χ1n) is 10.0. The van der Waals surface area contributed by atoms with E-state index in [2.05, 4.69) is 11.6 Å². The smallest absolute Gasteiger partial charge is 0.279 e. The molecule has 1 aromatic heterocycles. The number of hydrogen-bond donors (Lipinski definition) is 0. The predicted octanol–water partition coefficient (Wildman–Crippen LogP) is 4.32. The van der Waals surface area contributed by atoms with Gasteiger partial charge in [0.25, 0.3) is 5.91 Å². The van der Waals surface area contributed by atoms with E-state index in [0.29, 0.717) is 17.1 Å². The Balaban J connectivity index is 1.96. The minimum absolute atomic E-state index is 0.0208. The van der Waals surface area contributed by atoms with E-state index in [9.17, 15) is 4.79 Å². The van der Waals surface area contributed by atoms with Gasteiger partial charge in [-0.25, -0.2) is 4.68 Å². The van der Waals surface area contributed by atoms with Gasteiger partial charge in [0.2, 0.25) is 4.80 Å². The predicted molar refractivity (Wildman–Crippen MR) is 126 cm³/mol. The van der Waals surface area contributed by atoms with Crippen LogP contribution in [0, 0.1) is 0 Å². The summed E-state index contributed by atoms with van der Waals surface area (Å²) in [5, 5.41) is 6.83. The van der Waals surface area contributed by atoms with Crippen LogP contribution in [-0.2, 0) is 4.79 Å². The van der Waals surface area contributed by atoms with Crippen molar-refractivity contribution in [1.29, 1.82) is 0 Å². The van der Waals surface area contributed by atoms with Crippen LogP contribution in [0.2, 0.25) is 0 Å². The van der Waals surface area contributed by atoms with E-state index in [1.807, 2.05) is 67.8 Å². The molecule has 0 radical (unpaired) electrons. The van der Waals surface area contributed by atoms with Crippen LogP contribution in [-0.4, -0.2) is 36.0 Å². The molecule has 0 N–H and O–H groups in total. The highest BCUT2D eigenvalue weighted by Gasteiger charge is 2.35. The number of ether oxygens (including phenoxy) is 1. The summed E-state index contributed by atoms with van der Waals surface area (Å²) >= 11 is 1.46. The zero-order chi connectivity index (χ0) is 22.0. The molecule has 2 aromatic carbocycles. The highest BCUT2D eigenvalue weighted by atomic mass is 32.1. The Morgan fingerprint density at radius 1 is 1.13 bits per heavy atom. The van der Waals surface area contributed by atoms with Crippen molar-refractivity contribution in [3.05, 3.63) is 76.9 Å². The molecule has 2 heterocycles. The molecule has 1 amide bonds. The molecule has 0 saturated carbocycles. The van der Waals surface area contributed by atoms with Crippen LogP contribution in [0.5, 0.6) is 5.75 Å². The van der Waals surface area contributed by atoms with Crippen LogP contribution in [0.1, 0.15) is 19.4 Å². The second kappa shape index (κ2) is 8.73. The molecule has 4 rings (SSSR count). The van der Waals surface area contributed by atoms with Gasteiger partial charge in [0.05, 0.1) is 25.0 Å². The Hall–Kier alpha value is -3.45. The molecule has 0 aliphatic carbocycles. The van der Waals surface area contributed by atoms with Gasteiger partial charge >= 0.3 is 0 Å². The quantitative estimate of drug-likeness (QED) is 0.545. The lowest BCUT2D eigenvalue weighted by molar-refractivity contribution is -0.112. The topological polar surface area (TPSA) is 59.2 Å². The second-order valence-electron chi connectivity index (χ2n) is 7.28. The molecule has 7 heteroatoms. The van der Waals surface area contributed by atoms with Crippen LogP contribution in [0.25, 0.3) is 11.3 Å². The van der Waals surface area contributed by atoms with Gasteiger partial charge in [-0.05, 0) is 32.0 Å². The molecule has 6 nitrogen and oxygen atoms in total. The van der Waals surface area contributed by atoms with Crippen molar-refractivity contribution >= 4 is 28.6 Å². The summed E-state index contributed by atoms with van der Waals surface area (Å²) in [4.78, 5) is 20.4. The number of para-hydroxylation sites is 2. The van der Waals surface area contributed by atoms with Gasteiger partial charge in [0.15, 0.2) is 5.71 Å². The summed E-state index contributed by atoms with van der Waals surface area (Å²) in [6, 6.07) is 15.5. The molecule has 3 aromatic rings. The van der Waals surface area contributed by atoms with Crippen molar-refractivity contribution in [2.24, 2.45) is 10.1 Å². The number of amides is 1. The normalized spacial score (nSPS) is 15.1. The molecular formula is C24H24N4O2S. The van der Waals surface area contributed by atoms with Gasteiger partial charge in [-0.3, -0.25) is 9.79 Å².